The van der Waals surface area contributed by atoms with Crippen LogP contribution in [0.3, 0.4) is 0 Å². The standard InChI is InChI=1S/C14H15FN2O3/c1-14(2,3)20-13(19)16-11-9-7-8(15)5-6-10(9)17(4)12(11)18/h5-7H,1-4H3/b16-11-. The van der Waals surface area contributed by atoms with Crippen molar-refractivity contribution in [3.05, 3.63) is 29.6 Å². The van der Waals surface area contributed by atoms with E-state index < -0.39 is 23.4 Å². The lowest BCUT2D eigenvalue weighted by atomic mass is 10.1. The zero-order valence-electron chi connectivity index (χ0n) is 11.7. The molecule has 0 aromatic heterocycles. The number of hydrogen-bond acceptors (Lipinski definition) is 3. The predicted octanol–water partition coefficient (Wildman–Crippen LogP) is 2.53. The number of fused-ring (bicyclic) bond motifs is 1. The zero-order valence-corrected chi connectivity index (χ0v) is 11.7. The first-order valence-corrected chi connectivity index (χ1v) is 6.09. The molecule has 0 bridgehead atoms. The molecule has 106 valence electrons. The van der Waals surface area contributed by atoms with Gasteiger partial charge >= 0.3 is 6.09 Å². The normalized spacial score (nSPS) is 16.6. The van der Waals surface area contributed by atoms with E-state index in [0.717, 1.165) is 0 Å². The molecule has 2 amide bonds. The second kappa shape index (κ2) is 4.70. The molecule has 20 heavy (non-hydrogen) atoms. The summed E-state index contributed by atoms with van der Waals surface area (Å²) in [6.45, 7) is 5.09. The number of anilines is 1. The first-order chi connectivity index (χ1) is 9.19. The first-order valence-electron chi connectivity index (χ1n) is 6.09. The fourth-order valence-electron chi connectivity index (χ4n) is 1.86. The van der Waals surface area contributed by atoms with Crippen molar-refractivity contribution in [2.24, 2.45) is 4.99 Å². The average Bonchev–Trinajstić information content (AvgIpc) is 2.52. The van der Waals surface area contributed by atoms with E-state index >= 15 is 0 Å². The number of carbonyl (C=O) groups excluding carboxylic acids is 2. The molecule has 1 aromatic carbocycles. The number of aliphatic imine (C=N–C) groups is 1. The summed E-state index contributed by atoms with van der Waals surface area (Å²) in [6, 6.07) is 3.90. The van der Waals surface area contributed by atoms with Crippen molar-refractivity contribution in [1.29, 1.82) is 0 Å². The maximum atomic E-state index is 13.3. The van der Waals surface area contributed by atoms with Gasteiger partial charge in [0.2, 0.25) is 0 Å². The molecule has 1 heterocycles. The van der Waals surface area contributed by atoms with Crippen molar-refractivity contribution in [3.63, 3.8) is 0 Å². The summed E-state index contributed by atoms with van der Waals surface area (Å²) < 4.78 is 18.3. The molecule has 0 unspecified atom stereocenters. The maximum Gasteiger partial charge on any atom is 0.434 e. The maximum absolute atomic E-state index is 13.3. The van der Waals surface area contributed by atoms with Crippen LogP contribution in [0.4, 0.5) is 14.9 Å². The zero-order chi connectivity index (χ0) is 15.1. The van der Waals surface area contributed by atoms with E-state index in [1.807, 2.05) is 0 Å². The third kappa shape index (κ3) is 2.68. The number of ether oxygens (including phenoxy) is 1. The van der Waals surface area contributed by atoms with E-state index in [1.165, 1.54) is 30.1 Å². The minimum atomic E-state index is -0.869. The number of hydrogen-bond donors (Lipinski definition) is 0. The molecule has 5 nitrogen and oxygen atoms in total. The Balaban J connectivity index is 2.41. The van der Waals surface area contributed by atoms with Gasteiger partial charge in [0.25, 0.3) is 5.91 Å². The van der Waals surface area contributed by atoms with Crippen molar-refractivity contribution >= 4 is 23.4 Å². The highest BCUT2D eigenvalue weighted by Gasteiger charge is 2.33. The van der Waals surface area contributed by atoms with Crippen molar-refractivity contribution in [1.82, 2.24) is 0 Å². The van der Waals surface area contributed by atoms with E-state index in [0.29, 0.717) is 11.3 Å². The van der Waals surface area contributed by atoms with Crippen molar-refractivity contribution < 1.29 is 18.7 Å². The molecule has 0 fully saturated rings. The Morgan fingerprint density at radius 2 is 2.00 bits per heavy atom. The van der Waals surface area contributed by atoms with Crippen molar-refractivity contribution in [3.8, 4) is 0 Å². The third-order valence-electron chi connectivity index (χ3n) is 2.68. The molecular formula is C14H15FN2O3. The van der Waals surface area contributed by atoms with Gasteiger partial charge in [-0.25, -0.2) is 9.18 Å². The molecule has 0 spiro atoms. The number of carbonyl (C=O) groups is 2. The quantitative estimate of drug-likeness (QED) is 0.732. The first kappa shape index (κ1) is 14.2. The lowest BCUT2D eigenvalue weighted by Crippen LogP contribution is -2.27. The molecule has 0 saturated heterocycles. The fourth-order valence-corrected chi connectivity index (χ4v) is 1.86. The van der Waals surface area contributed by atoms with Gasteiger partial charge in [-0.05, 0) is 39.0 Å². The number of halogens is 1. The highest BCUT2D eigenvalue weighted by molar-refractivity contribution is 6.55. The SMILES string of the molecule is CN1C(=O)/C(=N\C(=O)OC(C)(C)C)c2cc(F)ccc21. The minimum absolute atomic E-state index is 0.101. The molecule has 0 atom stereocenters. The van der Waals surface area contributed by atoms with E-state index in [9.17, 15) is 14.0 Å². The summed E-state index contributed by atoms with van der Waals surface area (Å²) in [6.07, 6.45) is -0.869. The van der Waals surface area contributed by atoms with Crippen LogP contribution in [0.2, 0.25) is 0 Å². The lowest BCUT2D eigenvalue weighted by molar-refractivity contribution is -0.112. The molecule has 0 N–H and O–H groups in total. The van der Waals surface area contributed by atoms with Crippen LogP contribution in [0.5, 0.6) is 0 Å². The summed E-state index contributed by atoms with van der Waals surface area (Å²) in [5.41, 5.74) is -0.00209. The van der Waals surface area contributed by atoms with Gasteiger partial charge in [-0.15, -0.1) is 0 Å². The lowest BCUT2D eigenvalue weighted by Gasteiger charge is -2.17. The summed E-state index contributed by atoms with van der Waals surface area (Å²) in [4.78, 5) is 28.7. The summed E-state index contributed by atoms with van der Waals surface area (Å²) in [5.74, 6) is -0.958. The molecule has 6 heteroatoms. The van der Waals surface area contributed by atoms with Gasteiger partial charge in [0.05, 0.1) is 5.69 Å². The second-order valence-corrected chi connectivity index (χ2v) is 5.47. The van der Waals surface area contributed by atoms with E-state index in [2.05, 4.69) is 4.99 Å². The monoisotopic (exact) mass is 278 g/mol. The molecular weight excluding hydrogens is 263 g/mol. The topological polar surface area (TPSA) is 59.0 Å². The number of nitrogens with zero attached hydrogens (tertiary/aromatic N) is 2. The van der Waals surface area contributed by atoms with Gasteiger partial charge in [-0.3, -0.25) is 4.79 Å². The van der Waals surface area contributed by atoms with E-state index in [1.54, 1.807) is 20.8 Å². The van der Waals surface area contributed by atoms with Crippen LogP contribution in [0.15, 0.2) is 23.2 Å². The molecule has 1 aliphatic rings. The van der Waals surface area contributed by atoms with Crippen LogP contribution < -0.4 is 4.90 Å². The van der Waals surface area contributed by atoms with Crippen LogP contribution in [-0.4, -0.2) is 30.4 Å². The molecule has 1 aliphatic heterocycles. The Hall–Kier alpha value is -2.24. The Morgan fingerprint density at radius 1 is 1.35 bits per heavy atom. The van der Waals surface area contributed by atoms with Gasteiger partial charge in [0, 0.05) is 12.6 Å². The molecule has 1 aromatic rings. The number of benzene rings is 1. The van der Waals surface area contributed by atoms with Crippen LogP contribution in [0, 0.1) is 5.82 Å². The summed E-state index contributed by atoms with van der Waals surface area (Å²) >= 11 is 0. The van der Waals surface area contributed by atoms with Gasteiger partial charge in [-0.1, -0.05) is 0 Å². The molecule has 0 saturated carbocycles. The Kier molecular flexibility index (Phi) is 3.33. The van der Waals surface area contributed by atoms with Gasteiger partial charge in [0.15, 0.2) is 0 Å². The van der Waals surface area contributed by atoms with Crippen LogP contribution in [0.25, 0.3) is 0 Å². The number of rotatable bonds is 0. The van der Waals surface area contributed by atoms with E-state index in [-0.39, 0.29) is 5.71 Å². The van der Waals surface area contributed by atoms with E-state index in [4.69, 9.17) is 4.74 Å². The third-order valence-corrected chi connectivity index (χ3v) is 2.68. The predicted molar refractivity (Wildman–Crippen MR) is 72.6 cm³/mol. The van der Waals surface area contributed by atoms with Crippen molar-refractivity contribution in [2.45, 2.75) is 26.4 Å². The Morgan fingerprint density at radius 3 is 2.60 bits per heavy atom. The Bertz CT molecular complexity index is 617. The second-order valence-electron chi connectivity index (χ2n) is 5.47. The smallest absolute Gasteiger partial charge is 0.434 e. The van der Waals surface area contributed by atoms with Crippen LogP contribution in [0.1, 0.15) is 26.3 Å². The van der Waals surface area contributed by atoms with Gasteiger partial charge in [-0.2, -0.15) is 4.99 Å². The number of likely N-dealkylation sites (N-methyl/N-ethyl adjacent to an activating group) is 1. The van der Waals surface area contributed by atoms with Gasteiger partial charge in [0.1, 0.15) is 17.1 Å². The minimum Gasteiger partial charge on any atom is -0.442 e. The molecule has 0 radical (unpaired) electrons. The van der Waals surface area contributed by atoms with Crippen molar-refractivity contribution in [2.75, 3.05) is 11.9 Å². The Labute approximate surface area is 116 Å². The number of amides is 2. The van der Waals surface area contributed by atoms with Crippen LogP contribution >= 0.6 is 0 Å². The van der Waals surface area contributed by atoms with Crippen LogP contribution in [-0.2, 0) is 9.53 Å². The highest BCUT2D eigenvalue weighted by atomic mass is 19.1. The highest BCUT2D eigenvalue weighted by Crippen LogP contribution is 2.29. The largest absolute Gasteiger partial charge is 0.442 e. The summed E-state index contributed by atoms with van der Waals surface area (Å²) in [5, 5.41) is 0. The summed E-state index contributed by atoms with van der Waals surface area (Å²) in [7, 11) is 1.54. The fraction of sp³-hybridized carbons (Fsp3) is 0.357. The average molecular weight is 278 g/mol. The molecule has 0 aliphatic carbocycles. The molecule has 2 rings (SSSR count). The van der Waals surface area contributed by atoms with Gasteiger partial charge < -0.3 is 9.64 Å².